The predicted molar refractivity (Wildman–Crippen MR) is 112 cm³/mol. The third-order valence-corrected chi connectivity index (χ3v) is 5.28. The molecule has 0 aliphatic carbocycles. The van der Waals surface area contributed by atoms with Crippen molar-refractivity contribution < 1.29 is 18.1 Å². The number of benzene rings is 1. The van der Waals surface area contributed by atoms with Crippen LogP contribution in [0.5, 0.6) is 0 Å². The summed E-state index contributed by atoms with van der Waals surface area (Å²) in [5.74, 6) is -1.57. The highest BCUT2D eigenvalue weighted by molar-refractivity contribution is 7.10. The highest BCUT2D eigenvalue weighted by atomic mass is 35.5. The number of anilines is 3. The molecule has 2 N–H and O–H groups in total. The van der Waals surface area contributed by atoms with Gasteiger partial charge in [-0.05, 0) is 43.6 Å². The Labute approximate surface area is 183 Å². The number of halogens is 3. The Hall–Kier alpha value is -3.44. The number of aryl methyl sites for hydroxylation is 2. The first kappa shape index (κ1) is 20.8. The van der Waals surface area contributed by atoms with Crippen LogP contribution in [0.25, 0.3) is 11.5 Å². The summed E-state index contributed by atoms with van der Waals surface area (Å²) in [6, 6.07) is 4.69. The van der Waals surface area contributed by atoms with Crippen LogP contribution in [-0.2, 0) is 0 Å². The van der Waals surface area contributed by atoms with Crippen molar-refractivity contribution in [3.63, 3.8) is 0 Å². The molecule has 0 fully saturated rings. The molecule has 31 heavy (non-hydrogen) atoms. The molecular weight excluding hydrogens is 450 g/mol. The Bertz CT molecular complexity index is 1290. The topological polar surface area (TPSA) is 106 Å². The van der Waals surface area contributed by atoms with Gasteiger partial charge in [0.1, 0.15) is 10.8 Å². The lowest BCUT2D eigenvalue weighted by molar-refractivity contribution is 0.102. The number of carbonyl (C=O) groups excluding carboxylic acids is 1. The van der Waals surface area contributed by atoms with Crippen molar-refractivity contribution in [3.05, 3.63) is 64.2 Å². The molecule has 0 radical (unpaired) electrons. The number of hydrogen-bond donors (Lipinski definition) is 2. The zero-order chi connectivity index (χ0) is 22.1. The van der Waals surface area contributed by atoms with E-state index in [1.165, 1.54) is 12.3 Å². The summed E-state index contributed by atoms with van der Waals surface area (Å²) < 4.78 is 35.9. The van der Waals surface area contributed by atoms with Gasteiger partial charge in [0.2, 0.25) is 0 Å². The van der Waals surface area contributed by atoms with Gasteiger partial charge < -0.3 is 15.2 Å². The first-order valence-corrected chi connectivity index (χ1v) is 9.93. The van der Waals surface area contributed by atoms with Crippen LogP contribution in [0, 0.1) is 25.5 Å². The van der Waals surface area contributed by atoms with E-state index in [1.54, 1.807) is 19.9 Å². The highest BCUT2D eigenvalue weighted by Crippen LogP contribution is 2.32. The van der Waals surface area contributed by atoms with Gasteiger partial charge in [-0.25, -0.2) is 13.8 Å². The Morgan fingerprint density at radius 2 is 2.00 bits per heavy atom. The SMILES string of the molecule is Cc1noc(-c2cc(Nc3snc(C)c3C(=O)Nc3ccc(F)c(F)c3)ncc2Cl)n1. The van der Waals surface area contributed by atoms with Crippen LogP contribution in [0.2, 0.25) is 5.02 Å². The molecule has 12 heteroatoms. The van der Waals surface area contributed by atoms with Gasteiger partial charge in [-0.15, -0.1) is 0 Å². The number of aromatic nitrogens is 4. The molecule has 0 atom stereocenters. The Morgan fingerprint density at radius 3 is 2.71 bits per heavy atom. The van der Waals surface area contributed by atoms with Crippen LogP contribution in [-0.4, -0.2) is 25.4 Å². The second-order valence-corrected chi connectivity index (χ2v) is 7.56. The molecule has 0 unspecified atom stereocenters. The van der Waals surface area contributed by atoms with Crippen LogP contribution in [0.4, 0.5) is 25.3 Å². The van der Waals surface area contributed by atoms with Gasteiger partial charge in [0.05, 0.1) is 21.8 Å². The van der Waals surface area contributed by atoms with Crippen LogP contribution >= 0.6 is 23.1 Å². The third kappa shape index (κ3) is 4.37. The van der Waals surface area contributed by atoms with E-state index in [0.29, 0.717) is 32.9 Å². The normalized spacial score (nSPS) is 10.9. The lowest BCUT2D eigenvalue weighted by Gasteiger charge is -2.09. The molecule has 0 aliphatic heterocycles. The fraction of sp³-hybridized carbons (Fsp3) is 0.105. The molecular formula is C19H13ClF2N6O2S. The van der Waals surface area contributed by atoms with E-state index in [0.717, 1.165) is 23.7 Å². The zero-order valence-corrected chi connectivity index (χ0v) is 17.6. The highest BCUT2D eigenvalue weighted by Gasteiger charge is 2.21. The second kappa shape index (κ2) is 8.36. The van der Waals surface area contributed by atoms with E-state index in [1.807, 2.05) is 0 Å². The van der Waals surface area contributed by atoms with Gasteiger partial charge in [-0.2, -0.15) is 9.36 Å². The average molecular weight is 463 g/mol. The number of carbonyl (C=O) groups is 1. The first-order chi connectivity index (χ1) is 14.8. The largest absolute Gasteiger partial charge is 0.334 e. The van der Waals surface area contributed by atoms with Crippen LogP contribution < -0.4 is 10.6 Å². The van der Waals surface area contributed by atoms with Gasteiger partial charge in [0, 0.05) is 18.0 Å². The van der Waals surface area contributed by atoms with E-state index in [2.05, 4.69) is 30.1 Å². The third-order valence-electron chi connectivity index (χ3n) is 4.12. The predicted octanol–water partition coefficient (Wildman–Crippen LogP) is 5.13. The fourth-order valence-corrected chi connectivity index (χ4v) is 3.67. The molecule has 0 bridgehead atoms. The van der Waals surface area contributed by atoms with Crippen molar-refractivity contribution in [2.75, 3.05) is 10.6 Å². The van der Waals surface area contributed by atoms with Gasteiger partial charge in [-0.1, -0.05) is 16.8 Å². The van der Waals surface area contributed by atoms with Crippen molar-refractivity contribution in [2.45, 2.75) is 13.8 Å². The number of nitrogens with one attached hydrogen (secondary N) is 2. The summed E-state index contributed by atoms with van der Waals surface area (Å²) in [5, 5.41) is 10.0. The molecule has 4 rings (SSSR count). The van der Waals surface area contributed by atoms with Crippen LogP contribution in [0.3, 0.4) is 0 Å². The Morgan fingerprint density at radius 1 is 1.19 bits per heavy atom. The van der Waals surface area contributed by atoms with Crippen LogP contribution in [0.1, 0.15) is 21.9 Å². The Kier molecular flexibility index (Phi) is 5.61. The lowest BCUT2D eigenvalue weighted by Crippen LogP contribution is -2.14. The maximum Gasteiger partial charge on any atom is 0.260 e. The summed E-state index contributed by atoms with van der Waals surface area (Å²) in [6.45, 7) is 3.34. The summed E-state index contributed by atoms with van der Waals surface area (Å²) in [7, 11) is 0. The molecule has 0 saturated carbocycles. The minimum absolute atomic E-state index is 0.110. The maximum atomic E-state index is 13.4. The monoisotopic (exact) mass is 462 g/mol. The lowest BCUT2D eigenvalue weighted by atomic mass is 10.2. The van der Waals surface area contributed by atoms with Crippen molar-refractivity contribution in [2.24, 2.45) is 0 Å². The van der Waals surface area contributed by atoms with Gasteiger partial charge in [-0.3, -0.25) is 4.79 Å². The molecule has 0 aliphatic rings. The number of rotatable bonds is 5. The number of pyridine rings is 1. The van der Waals surface area contributed by atoms with E-state index in [9.17, 15) is 13.6 Å². The zero-order valence-electron chi connectivity index (χ0n) is 16.0. The van der Waals surface area contributed by atoms with Crippen molar-refractivity contribution in [1.29, 1.82) is 0 Å². The van der Waals surface area contributed by atoms with Gasteiger partial charge in [0.15, 0.2) is 17.5 Å². The minimum atomic E-state index is -1.06. The van der Waals surface area contributed by atoms with E-state index >= 15 is 0 Å². The molecule has 0 saturated heterocycles. The van der Waals surface area contributed by atoms with E-state index in [4.69, 9.17) is 16.1 Å². The maximum absolute atomic E-state index is 13.4. The number of hydrogen-bond acceptors (Lipinski definition) is 8. The number of amides is 1. The standard InChI is InChI=1S/C19H13ClF2N6O2S/c1-8-16(17(29)25-10-3-4-13(21)14(22)5-10)19(31-28-8)26-15-6-11(12(20)7-23-15)18-24-9(2)27-30-18/h3-7H,1-2H3,(H,23,26)(H,25,29). The molecule has 4 aromatic rings. The first-order valence-electron chi connectivity index (χ1n) is 8.77. The minimum Gasteiger partial charge on any atom is -0.334 e. The Balaban J connectivity index is 1.61. The van der Waals surface area contributed by atoms with Crippen molar-refractivity contribution in [3.8, 4) is 11.5 Å². The summed E-state index contributed by atoms with van der Waals surface area (Å²) in [4.78, 5) is 21.1. The van der Waals surface area contributed by atoms with Crippen LogP contribution in [0.15, 0.2) is 35.0 Å². The molecule has 1 amide bonds. The van der Waals surface area contributed by atoms with Crippen molar-refractivity contribution >= 4 is 45.5 Å². The van der Waals surface area contributed by atoms with Gasteiger partial charge >= 0.3 is 0 Å². The van der Waals surface area contributed by atoms with Gasteiger partial charge in [0.25, 0.3) is 11.8 Å². The summed E-state index contributed by atoms with van der Waals surface area (Å²) >= 11 is 7.24. The quantitative estimate of drug-likeness (QED) is 0.423. The van der Waals surface area contributed by atoms with E-state index < -0.39 is 17.5 Å². The van der Waals surface area contributed by atoms with Crippen molar-refractivity contribution in [1.82, 2.24) is 19.5 Å². The van der Waals surface area contributed by atoms with E-state index in [-0.39, 0.29) is 17.1 Å². The molecule has 3 heterocycles. The second-order valence-electron chi connectivity index (χ2n) is 6.38. The fourth-order valence-electron chi connectivity index (χ4n) is 2.68. The molecule has 0 spiro atoms. The summed E-state index contributed by atoms with van der Waals surface area (Å²) in [6.07, 6.45) is 1.41. The smallest absolute Gasteiger partial charge is 0.260 e. The molecule has 1 aromatic carbocycles. The molecule has 3 aromatic heterocycles. The molecule has 158 valence electrons. The molecule has 8 nitrogen and oxygen atoms in total. The summed E-state index contributed by atoms with van der Waals surface area (Å²) in [5.41, 5.74) is 1.27. The number of nitrogens with zero attached hydrogens (tertiary/aromatic N) is 4. The average Bonchev–Trinajstić information content (AvgIpc) is 3.31.